The third-order valence-corrected chi connectivity index (χ3v) is 4.46. The Morgan fingerprint density at radius 1 is 1.04 bits per heavy atom. The molecule has 3 N–H and O–H groups in total. The quantitative estimate of drug-likeness (QED) is 0.662. The van der Waals surface area contributed by atoms with Crippen LogP contribution < -0.4 is 16.0 Å². The molecule has 144 valence electrons. The Bertz CT molecular complexity index is 752. The average molecular weight is 371 g/mol. The van der Waals surface area contributed by atoms with E-state index in [0.29, 0.717) is 13.0 Å². The van der Waals surface area contributed by atoms with Gasteiger partial charge in [-0.3, -0.25) is 4.79 Å². The van der Waals surface area contributed by atoms with Gasteiger partial charge in [0.15, 0.2) is 0 Å². The predicted molar refractivity (Wildman–Crippen MR) is 105 cm³/mol. The Morgan fingerprint density at radius 3 is 2.37 bits per heavy atom. The standard InChI is InChI=1S/C21H26FN3O2/c1-3-15(2)19(20(26)23-14-13-16-9-5-4-6-10-16)25-21(27)24-18-12-8-7-11-17(18)22/h4-12,15,19H,3,13-14H2,1-2H3,(H,23,26)(H2,24,25,27). The Morgan fingerprint density at radius 2 is 1.70 bits per heavy atom. The molecule has 2 rings (SSSR count). The van der Waals surface area contributed by atoms with Gasteiger partial charge in [0.25, 0.3) is 0 Å². The van der Waals surface area contributed by atoms with Gasteiger partial charge in [-0.05, 0) is 30.0 Å². The van der Waals surface area contributed by atoms with Gasteiger partial charge in [-0.15, -0.1) is 0 Å². The van der Waals surface area contributed by atoms with Crippen molar-refractivity contribution in [2.45, 2.75) is 32.7 Å². The summed E-state index contributed by atoms with van der Waals surface area (Å²) in [6.07, 6.45) is 1.43. The molecule has 0 aliphatic rings. The van der Waals surface area contributed by atoms with Crippen molar-refractivity contribution in [3.8, 4) is 0 Å². The first-order chi connectivity index (χ1) is 13.0. The predicted octanol–water partition coefficient (Wildman–Crippen LogP) is 3.72. The first-order valence-corrected chi connectivity index (χ1v) is 9.15. The van der Waals surface area contributed by atoms with Gasteiger partial charge in [0.05, 0.1) is 5.69 Å². The molecule has 3 amide bonds. The lowest BCUT2D eigenvalue weighted by Crippen LogP contribution is -2.51. The SMILES string of the molecule is CCC(C)C(NC(=O)Nc1ccccc1F)C(=O)NCCc1ccccc1. The summed E-state index contributed by atoms with van der Waals surface area (Å²) < 4.78 is 13.7. The fraction of sp³-hybridized carbons (Fsp3) is 0.333. The molecule has 2 atom stereocenters. The fourth-order valence-corrected chi connectivity index (χ4v) is 2.65. The van der Waals surface area contributed by atoms with Crippen LogP contribution in [0.3, 0.4) is 0 Å². The second kappa shape index (κ2) is 10.3. The molecule has 0 spiro atoms. The van der Waals surface area contributed by atoms with Crippen molar-refractivity contribution in [3.05, 3.63) is 66.0 Å². The number of carbonyl (C=O) groups is 2. The number of halogens is 1. The molecular weight excluding hydrogens is 345 g/mol. The number of benzene rings is 2. The van der Waals surface area contributed by atoms with Crippen molar-refractivity contribution in [2.75, 3.05) is 11.9 Å². The summed E-state index contributed by atoms with van der Waals surface area (Å²) in [6, 6.07) is 14.4. The van der Waals surface area contributed by atoms with E-state index in [9.17, 15) is 14.0 Å². The number of rotatable bonds is 8. The maximum atomic E-state index is 13.7. The summed E-state index contributed by atoms with van der Waals surface area (Å²) in [5.41, 5.74) is 1.20. The van der Waals surface area contributed by atoms with E-state index in [4.69, 9.17) is 0 Å². The monoisotopic (exact) mass is 371 g/mol. The minimum atomic E-state index is -0.697. The maximum Gasteiger partial charge on any atom is 0.319 e. The van der Waals surface area contributed by atoms with Gasteiger partial charge < -0.3 is 16.0 Å². The van der Waals surface area contributed by atoms with Crippen LogP contribution in [0.5, 0.6) is 0 Å². The van der Waals surface area contributed by atoms with Crippen LogP contribution >= 0.6 is 0 Å². The van der Waals surface area contributed by atoms with Crippen molar-refractivity contribution < 1.29 is 14.0 Å². The summed E-state index contributed by atoms with van der Waals surface area (Å²) in [5.74, 6) is -0.836. The van der Waals surface area contributed by atoms with E-state index < -0.39 is 17.9 Å². The highest BCUT2D eigenvalue weighted by molar-refractivity contribution is 5.93. The van der Waals surface area contributed by atoms with E-state index in [1.54, 1.807) is 12.1 Å². The van der Waals surface area contributed by atoms with Crippen LogP contribution in [0.15, 0.2) is 54.6 Å². The number of urea groups is 1. The van der Waals surface area contributed by atoms with Crippen LogP contribution in [0.2, 0.25) is 0 Å². The van der Waals surface area contributed by atoms with Crippen molar-refractivity contribution >= 4 is 17.6 Å². The van der Waals surface area contributed by atoms with Crippen LogP contribution in [-0.4, -0.2) is 24.5 Å². The van der Waals surface area contributed by atoms with Crippen LogP contribution in [-0.2, 0) is 11.2 Å². The van der Waals surface area contributed by atoms with Crippen molar-refractivity contribution in [2.24, 2.45) is 5.92 Å². The number of hydrogen-bond donors (Lipinski definition) is 3. The van der Waals surface area contributed by atoms with Crippen molar-refractivity contribution in [1.82, 2.24) is 10.6 Å². The zero-order chi connectivity index (χ0) is 19.6. The van der Waals surface area contributed by atoms with Crippen LogP contribution in [0.4, 0.5) is 14.9 Å². The van der Waals surface area contributed by atoms with E-state index in [0.717, 1.165) is 12.0 Å². The number of nitrogens with one attached hydrogen (secondary N) is 3. The fourth-order valence-electron chi connectivity index (χ4n) is 2.65. The molecule has 6 heteroatoms. The zero-order valence-electron chi connectivity index (χ0n) is 15.7. The minimum Gasteiger partial charge on any atom is -0.354 e. The normalized spacial score (nSPS) is 12.7. The van der Waals surface area contributed by atoms with E-state index in [1.807, 2.05) is 44.2 Å². The van der Waals surface area contributed by atoms with Gasteiger partial charge in [-0.2, -0.15) is 0 Å². The summed E-state index contributed by atoms with van der Waals surface area (Å²) in [5, 5.41) is 7.99. The first kappa shape index (κ1) is 20.4. The maximum absolute atomic E-state index is 13.7. The van der Waals surface area contributed by atoms with Crippen molar-refractivity contribution in [1.29, 1.82) is 0 Å². The van der Waals surface area contributed by atoms with Crippen molar-refractivity contribution in [3.63, 3.8) is 0 Å². The molecule has 5 nitrogen and oxygen atoms in total. The van der Waals surface area contributed by atoms with Gasteiger partial charge in [0.1, 0.15) is 11.9 Å². The average Bonchev–Trinajstić information content (AvgIpc) is 2.68. The molecule has 0 aliphatic carbocycles. The molecule has 2 aromatic rings. The van der Waals surface area contributed by atoms with Gasteiger partial charge in [-0.25, -0.2) is 9.18 Å². The molecule has 0 saturated carbocycles. The summed E-state index contributed by atoms with van der Waals surface area (Å²) >= 11 is 0. The molecule has 0 radical (unpaired) electrons. The molecular formula is C21H26FN3O2. The zero-order valence-corrected chi connectivity index (χ0v) is 15.7. The van der Waals surface area contributed by atoms with Gasteiger partial charge in [0.2, 0.25) is 5.91 Å². The van der Waals surface area contributed by atoms with Gasteiger partial charge in [0, 0.05) is 6.54 Å². The second-order valence-electron chi connectivity index (χ2n) is 6.47. The molecule has 0 heterocycles. The molecule has 0 aromatic heterocycles. The smallest absolute Gasteiger partial charge is 0.319 e. The third-order valence-electron chi connectivity index (χ3n) is 4.46. The summed E-state index contributed by atoms with van der Waals surface area (Å²) in [7, 11) is 0. The minimum absolute atomic E-state index is 0.0619. The molecule has 0 bridgehead atoms. The van der Waals surface area contributed by atoms with E-state index >= 15 is 0 Å². The molecule has 2 unspecified atom stereocenters. The molecule has 0 fully saturated rings. The van der Waals surface area contributed by atoms with Gasteiger partial charge in [-0.1, -0.05) is 62.7 Å². The Labute approximate surface area is 159 Å². The van der Waals surface area contributed by atoms with Crippen LogP contribution in [0.1, 0.15) is 25.8 Å². The molecule has 27 heavy (non-hydrogen) atoms. The molecule has 0 aliphatic heterocycles. The van der Waals surface area contributed by atoms with Gasteiger partial charge >= 0.3 is 6.03 Å². The lowest BCUT2D eigenvalue weighted by atomic mass is 9.98. The topological polar surface area (TPSA) is 70.2 Å². The largest absolute Gasteiger partial charge is 0.354 e. The molecule has 2 aromatic carbocycles. The van der Waals surface area contributed by atoms with Crippen LogP contribution in [0.25, 0.3) is 0 Å². The summed E-state index contributed by atoms with van der Waals surface area (Å²) in [4.78, 5) is 24.8. The van der Waals surface area contributed by atoms with E-state index in [-0.39, 0.29) is 17.5 Å². The van der Waals surface area contributed by atoms with E-state index in [2.05, 4.69) is 16.0 Å². The second-order valence-corrected chi connectivity index (χ2v) is 6.47. The lowest BCUT2D eigenvalue weighted by molar-refractivity contribution is -0.124. The Kier molecular flexibility index (Phi) is 7.79. The highest BCUT2D eigenvalue weighted by Crippen LogP contribution is 2.13. The Balaban J connectivity index is 1.92. The lowest BCUT2D eigenvalue weighted by Gasteiger charge is -2.23. The number of hydrogen-bond acceptors (Lipinski definition) is 2. The number of anilines is 1. The highest BCUT2D eigenvalue weighted by atomic mass is 19.1. The number of amides is 3. The van der Waals surface area contributed by atoms with Crippen LogP contribution in [0, 0.1) is 11.7 Å². The summed E-state index contributed by atoms with van der Waals surface area (Å²) in [6.45, 7) is 4.32. The highest BCUT2D eigenvalue weighted by Gasteiger charge is 2.25. The molecule has 0 saturated heterocycles. The number of carbonyl (C=O) groups excluding carboxylic acids is 2. The first-order valence-electron chi connectivity index (χ1n) is 9.15. The third kappa shape index (κ3) is 6.40. The Hall–Kier alpha value is -2.89. The number of para-hydroxylation sites is 1. The van der Waals surface area contributed by atoms with E-state index in [1.165, 1.54) is 12.1 Å².